The molecule has 0 fully saturated rings. The summed E-state index contributed by atoms with van der Waals surface area (Å²) in [6.07, 6.45) is 0.777. The third-order valence-corrected chi connectivity index (χ3v) is 5.10. The van der Waals surface area contributed by atoms with Gasteiger partial charge in [0.1, 0.15) is 5.82 Å². The fraction of sp³-hybridized carbons (Fsp3) is 0.250. The number of aromatic nitrogens is 1. The van der Waals surface area contributed by atoms with Gasteiger partial charge in [-0.15, -0.1) is 0 Å². The quantitative estimate of drug-likeness (QED) is 0.649. The minimum atomic E-state index is -0.324. The Morgan fingerprint density at radius 3 is 2.59 bits per heavy atom. The highest BCUT2D eigenvalue weighted by molar-refractivity contribution is 7.22. The van der Waals surface area contributed by atoms with Crippen molar-refractivity contribution in [3.63, 3.8) is 0 Å². The van der Waals surface area contributed by atoms with E-state index in [0.717, 1.165) is 13.0 Å². The van der Waals surface area contributed by atoms with Gasteiger partial charge in [-0.25, -0.2) is 9.37 Å². The molecule has 0 unspecified atom stereocenters. The van der Waals surface area contributed by atoms with Crippen molar-refractivity contribution in [2.75, 3.05) is 32.1 Å². The van der Waals surface area contributed by atoms with Gasteiger partial charge in [0.25, 0.3) is 5.91 Å². The third-order valence-electron chi connectivity index (χ3n) is 4.06. The topological polar surface area (TPSA) is 60.2 Å². The van der Waals surface area contributed by atoms with Gasteiger partial charge in [0.2, 0.25) is 0 Å². The lowest BCUT2D eigenvalue weighted by Crippen LogP contribution is -2.33. The number of halogens is 1. The number of thiazole rings is 1. The molecule has 1 heterocycles. The van der Waals surface area contributed by atoms with E-state index in [9.17, 15) is 9.18 Å². The van der Waals surface area contributed by atoms with E-state index in [-0.39, 0.29) is 11.7 Å². The van der Waals surface area contributed by atoms with Gasteiger partial charge < -0.3 is 4.90 Å². The zero-order valence-electron chi connectivity index (χ0n) is 15.1. The van der Waals surface area contributed by atoms with E-state index in [1.54, 1.807) is 35.2 Å². The van der Waals surface area contributed by atoms with Gasteiger partial charge in [-0.2, -0.15) is 5.26 Å². The Morgan fingerprint density at radius 1 is 1.19 bits per heavy atom. The summed E-state index contributed by atoms with van der Waals surface area (Å²) in [4.78, 5) is 21.3. The SMILES string of the molecule is CN(C)CCCN(C(=O)c1ccc(C#N)cc1)c1nc2ccc(F)cc2s1. The molecule has 0 aliphatic carbocycles. The Bertz CT molecular complexity index is 991. The molecule has 0 saturated carbocycles. The van der Waals surface area contributed by atoms with Gasteiger partial charge in [-0.1, -0.05) is 11.3 Å². The molecule has 27 heavy (non-hydrogen) atoms. The van der Waals surface area contributed by atoms with Crippen molar-refractivity contribution < 1.29 is 9.18 Å². The van der Waals surface area contributed by atoms with E-state index in [0.29, 0.717) is 33.0 Å². The molecule has 2 aromatic carbocycles. The molecule has 5 nitrogen and oxygen atoms in total. The normalized spacial score (nSPS) is 10.9. The molecule has 0 aliphatic rings. The highest BCUT2D eigenvalue weighted by atomic mass is 32.1. The number of fused-ring (bicyclic) bond motifs is 1. The number of nitriles is 1. The van der Waals surface area contributed by atoms with Gasteiger partial charge in [0.15, 0.2) is 5.13 Å². The van der Waals surface area contributed by atoms with Crippen LogP contribution in [0.15, 0.2) is 42.5 Å². The lowest BCUT2D eigenvalue weighted by Gasteiger charge is -2.21. The predicted octanol–water partition coefficient (Wildman–Crippen LogP) is 3.91. The Balaban J connectivity index is 1.93. The van der Waals surface area contributed by atoms with Gasteiger partial charge in [-0.05, 0) is 69.5 Å². The summed E-state index contributed by atoms with van der Waals surface area (Å²) < 4.78 is 14.2. The van der Waals surface area contributed by atoms with Crippen molar-refractivity contribution in [2.45, 2.75) is 6.42 Å². The molecule has 3 rings (SSSR count). The average Bonchev–Trinajstić information content (AvgIpc) is 3.07. The van der Waals surface area contributed by atoms with Crippen molar-refractivity contribution >= 4 is 32.6 Å². The van der Waals surface area contributed by atoms with E-state index in [2.05, 4.69) is 9.88 Å². The molecule has 3 aromatic rings. The molecule has 1 amide bonds. The van der Waals surface area contributed by atoms with E-state index >= 15 is 0 Å². The Labute approximate surface area is 161 Å². The highest BCUT2D eigenvalue weighted by Crippen LogP contribution is 2.30. The highest BCUT2D eigenvalue weighted by Gasteiger charge is 2.21. The maximum atomic E-state index is 13.5. The van der Waals surface area contributed by atoms with Crippen molar-refractivity contribution in [3.05, 3.63) is 59.4 Å². The van der Waals surface area contributed by atoms with Crippen LogP contribution < -0.4 is 4.90 Å². The van der Waals surface area contributed by atoms with Gasteiger partial charge in [0.05, 0.1) is 21.8 Å². The molecule has 0 atom stereocenters. The monoisotopic (exact) mass is 382 g/mol. The second-order valence-corrected chi connectivity index (χ2v) is 7.42. The Morgan fingerprint density at radius 2 is 1.93 bits per heavy atom. The number of hydrogen-bond donors (Lipinski definition) is 0. The number of carbonyl (C=O) groups is 1. The van der Waals surface area contributed by atoms with Crippen LogP contribution in [0.3, 0.4) is 0 Å². The minimum Gasteiger partial charge on any atom is -0.309 e. The zero-order valence-corrected chi connectivity index (χ0v) is 16.0. The lowest BCUT2D eigenvalue weighted by atomic mass is 10.1. The van der Waals surface area contributed by atoms with E-state index in [1.165, 1.54) is 23.5 Å². The largest absolute Gasteiger partial charge is 0.309 e. The molecular weight excluding hydrogens is 363 g/mol. The first kappa shape index (κ1) is 19.0. The van der Waals surface area contributed by atoms with Crippen LogP contribution in [0.2, 0.25) is 0 Å². The van der Waals surface area contributed by atoms with E-state index < -0.39 is 0 Å². The third kappa shape index (κ3) is 4.48. The number of rotatable bonds is 6. The van der Waals surface area contributed by atoms with Crippen molar-refractivity contribution in [1.82, 2.24) is 9.88 Å². The van der Waals surface area contributed by atoms with Crippen molar-refractivity contribution in [1.29, 1.82) is 5.26 Å². The molecule has 0 saturated heterocycles. The number of nitrogens with zero attached hydrogens (tertiary/aromatic N) is 4. The maximum Gasteiger partial charge on any atom is 0.260 e. The lowest BCUT2D eigenvalue weighted by molar-refractivity contribution is 0.0986. The van der Waals surface area contributed by atoms with Crippen molar-refractivity contribution in [2.24, 2.45) is 0 Å². The molecule has 138 valence electrons. The molecule has 0 radical (unpaired) electrons. The van der Waals surface area contributed by atoms with Crippen LogP contribution >= 0.6 is 11.3 Å². The Kier molecular flexibility index (Phi) is 5.79. The molecule has 0 N–H and O–H groups in total. The zero-order chi connectivity index (χ0) is 19.4. The van der Waals surface area contributed by atoms with Gasteiger partial charge in [-0.3, -0.25) is 9.69 Å². The average molecular weight is 382 g/mol. The van der Waals surface area contributed by atoms with Crippen LogP contribution in [-0.4, -0.2) is 43.0 Å². The molecule has 7 heteroatoms. The van der Waals surface area contributed by atoms with Crippen molar-refractivity contribution in [3.8, 4) is 6.07 Å². The predicted molar refractivity (Wildman–Crippen MR) is 106 cm³/mol. The summed E-state index contributed by atoms with van der Waals surface area (Å²) in [6, 6.07) is 13.0. The maximum absolute atomic E-state index is 13.5. The number of anilines is 1. The molecular formula is C20H19FN4OS. The van der Waals surface area contributed by atoms with Gasteiger partial charge in [0, 0.05) is 12.1 Å². The second kappa shape index (κ2) is 8.25. The first-order valence-electron chi connectivity index (χ1n) is 8.51. The fourth-order valence-electron chi connectivity index (χ4n) is 2.67. The van der Waals surface area contributed by atoms with Crippen LogP contribution in [0.1, 0.15) is 22.3 Å². The van der Waals surface area contributed by atoms with Gasteiger partial charge >= 0.3 is 0 Å². The molecule has 0 bridgehead atoms. The standard InChI is InChI=1S/C20H19FN4OS/c1-24(2)10-3-11-25(19(26)15-6-4-14(13-22)5-7-15)20-23-17-9-8-16(21)12-18(17)27-20/h4-9,12H,3,10-11H2,1-2H3. The first-order valence-corrected chi connectivity index (χ1v) is 9.32. The van der Waals surface area contributed by atoms with Crippen LogP contribution in [0.25, 0.3) is 10.2 Å². The first-order chi connectivity index (χ1) is 13.0. The number of hydrogen-bond acceptors (Lipinski definition) is 5. The summed E-state index contributed by atoms with van der Waals surface area (Å²) in [5, 5.41) is 9.48. The van der Waals surface area contributed by atoms with E-state index in [1.807, 2.05) is 20.2 Å². The van der Waals surface area contributed by atoms with Crippen LogP contribution in [0.4, 0.5) is 9.52 Å². The number of benzene rings is 2. The summed E-state index contributed by atoms with van der Waals surface area (Å²) in [5.41, 5.74) is 1.66. The summed E-state index contributed by atoms with van der Waals surface area (Å²) in [6.45, 7) is 1.33. The second-order valence-electron chi connectivity index (χ2n) is 6.41. The van der Waals surface area contributed by atoms with E-state index in [4.69, 9.17) is 5.26 Å². The summed E-state index contributed by atoms with van der Waals surface area (Å²) in [5.74, 6) is -0.506. The summed E-state index contributed by atoms with van der Waals surface area (Å²) in [7, 11) is 3.96. The number of carbonyl (C=O) groups excluding carboxylic acids is 1. The Hall–Kier alpha value is -2.82. The smallest absolute Gasteiger partial charge is 0.260 e. The summed E-state index contributed by atoms with van der Waals surface area (Å²) >= 11 is 1.30. The van der Waals surface area contributed by atoms with Crippen LogP contribution in [0.5, 0.6) is 0 Å². The molecule has 0 aliphatic heterocycles. The number of amides is 1. The molecule has 1 aromatic heterocycles. The fourth-order valence-corrected chi connectivity index (χ4v) is 3.69. The minimum absolute atomic E-state index is 0.183. The molecule has 0 spiro atoms. The van der Waals surface area contributed by atoms with Crippen LogP contribution in [0, 0.1) is 17.1 Å². The van der Waals surface area contributed by atoms with Crippen LogP contribution in [-0.2, 0) is 0 Å².